The van der Waals surface area contributed by atoms with Crippen molar-refractivity contribution in [1.82, 2.24) is 14.9 Å². The van der Waals surface area contributed by atoms with Gasteiger partial charge in [-0.2, -0.15) is 0 Å². The Labute approximate surface area is 143 Å². The van der Waals surface area contributed by atoms with E-state index in [2.05, 4.69) is 10.3 Å². The molecule has 1 heterocycles. The number of H-pyrrole nitrogens is 1. The van der Waals surface area contributed by atoms with Crippen molar-refractivity contribution in [3.63, 3.8) is 0 Å². The summed E-state index contributed by atoms with van der Waals surface area (Å²) in [7, 11) is 3.08. The molecule has 8 nitrogen and oxygen atoms in total. The van der Waals surface area contributed by atoms with Gasteiger partial charge in [-0.05, 0) is 24.4 Å². The van der Waals surface area contributed by atoms with E-state index in [0.29, 0.717) is 29.3 Å². The number of primary amides is 1. The van der Waals surface area contributed by atoms with Crippen LogP contribution in [0.3, 0.4) is 0 Å². The number of nitrogens with one attached hydrogen (secondary N) is 2. The highest BCUT2D eigenvalue weighted by molar-refractivity contribution is 7.71. The zero-order valence-corrected chi connectivity index (χ0v) is 14.1. The summed E-state index contributed by atoms with van der Waals surface area (Å²) in [5.74, 6) is 1.16. The SMILES string of the molecule is COc1ccc(-c2cc(=O)[nH]c(=S)n2CCNC(N)=O)c(OC)c1. The van der Waals surface area contributed by atoms with Gasteiger partial charge in [0, 0.05) is 30.8 Å². The lowest BCUT2D eigenvalue weighted by atomic mass is 10.1. The molecule has 0 radical (unpaired) electrons. The molecule has 0 saturated carbocycles. The Morgan fingerprint density at radius 2 is 2.08 bits per heavy atom. The van der Waals surface area contributed by atoms with E-state index in [1.165, 1.54) is 13.2 Å². The molecule has 128 valence electrons. The maximum absolute atomic E-state index is 11.9. The summed E-state index contributed by atoms with van der Waals surface area (Å²) < 4.78 is 12.5. The maximum Gasteiger partial charge on any atom is 0.312 e. The molecule has 1 aromatic carbocycles. The molecule has 0 saturated heterocycles. The van der Waals surface area contributed by atoms with Crippen molar-refractivity contribution in [3.8, 4) is 22.8 Å². The van der Waals surface area contributed by atoms with E-state index in [1.807, 2.05) is 0 Å². The van der Waals surface area contributed by atoms with Crippen molar-refractivity contribution in [1.29, 1.82) is 0 Å². The van der Waals surface area contributed by atoms with Crippen LogP contribution in [0.2, 0.25) is 0 Å². The standard InChI is InChI=1S/C15H18N4O4S/c1-22-9-3-4-10(12(7-9)23-2)11-8-13(20)18-15(24)19(11)6-5-17-14(16)21/h3-4,7-8H,5-6H2,1-2H3,(H3,16,17,21)(H,18,20,24). The second-order valence-corrected chi connectivity index (χ2v) is 5.22. The number of methoxy groups -OCH3 is 2. The van der Waals surface area contributed by atoms with E-state index in [-0.39, 0.29) is 16.9 Å². The van der Waals surface area contributed by atoms with E-state index in [0.717, 1.165) is 0 Å². The van der Waals surface area contributed by atoms with Crippen LogP contribution < -0.4 is 26.1 Å². The topological polar surface area (TPSA) is 111 Å². The molecular weight excluding hydrogens is 332 g/mol. The molecule has 0 bridgehead atoms. The minimum absolute atomic E-state index is 0.238. The van der Waals surface area contributed by atoms with Crippen LogP contribution in [0.15, 0.2) is 29.1 Å². The molecule has 24 heavy (non-hydrogen) atoms. The van der Waals surface area contributed by atoms with Gasteiger partial charge in [-0.15, -0.1) is 0 Å². The van der Waals surface area contributed by atoms with Crippen LogP contribution in [-0.2, 0) is 6.54 Å². The molecule has 0 unspecified atom stereocenters. The highest BCUT2D eigenvalue weighted by atomic mass is 32.1. The Morgan fingerprint density at radius 1 is 1.33 bits per heavy atom. The molecule has 0 atom stereocenters. The van der Waals surface area contributed by atoms with Crippen molar-refractivity contribution in [2.75, 3.05) is 20.8 Å². The third kappa shape index (κ3) is 3.93. The van der Waals surface area contributed by atoms with Gasteiger partial charge in [0.2, 0.25) is 0 Å². The molecule has 2 aromatic rings. The molecular formula is C15H18N4O4S. The molecule has 1 aromatic heterocycles. The van der Waals surface area contributed by atoms with Gasteiger partial charge in [-0.3, -0.25) is 9.78 Å². The van der Waals surface area contributed by atoms with Crippen LogP contribution >= 0.6 is 12.2 Å². The van der Waals surface area contributed by atoms with Gasteiger partial charge in [0.15, 0.2) is 4.77 Å². The molecule has 2 amide bonds. The van der Waals surface area contributed by atoms with Gasteiger partial charge in [0.25, 0.3) is 5.56 Å². The number of aromatic nitrogens is 2. The number of nitrogens with zero attached hydrogens (tertiary/aromatic N) is 1. The minimum Gasteiger partial charge on any atom is -0.497 e. The quantitative estimate of drug-likeness (QED) is 0.679. The van der Waals surface area contributed by atoms with Crippen molar-refractivity contribution in [2.24, 2.45) is 5.73 Å². The van der Waals surface area contributed by atoms with Gasteiger partial charge < -0.3 is 25.1 Å². The minimum atomic E-state index is -0.630. The highest BCUT2D eigenvalue weighted by Crippen LogP contribution is 2.32. The van der Waals surface area contributed by atoms with E-state index >= 15 is 0 Å². The smallest absolute Gasteiger partial charge is 0.312 e. The van der Waals surface area contributed by atoms with Gasteiger partial charge in [0.1, 0.15) is 11.5 Å². The summed E-state index contributed by atoms with van der Waals surface area (Å²) in [4.78, 5) is 25.2. The van der Waals surface area contributed by atoms with Crippen molar-refractivity contribution in [2.45, 2.75) is 6.54 Å². The number of urea groups is 1. The number of amides is 2. The normalized spacial score (nSPS) is 10.2. The van der Waals surface area contributed by atoms with Gasteiger partial charge in [-0.1, -0.05) is 0 Å². The van der Waals surface area contributed by atoms with Crippen LogP contribution in [0.5, 0.6) is 11.5 Å². The Bertz CT molecular complexity index is 859. The Hall–Kier alpha value is -2.81. The zero-order valence-electron chi connectivity index (χ0n) is 13.3. The molecule has 2 rings (SSSR count). The second kappa shape index (κ2) is 7.64. The summed E-state index contributed by atoms with van der Waals surface area (Å²) in [6, 6.07) is 6.04. The van der Waals surface area contributed by atoms with Crippen LogP contribution in [-0.4, -0.2) is 36.3 Å². The van der Waals surface area contributed by atoms with E-state index in [4.69, 9.17) is 27.4 Å². The third-order valence-electron chi connectivity index (χ3n) is 3.35. The molecule has 0 aliphatic rings. The number of carbonyl (C=O) groups is 1. The molecule has 9 heteroatoms. The van der Waals surface area contributed by atoms with Crippen LogP contribution in [0.25, 0.3) is 11.3 Å². The molecule has 0 spiro atoms. The van der Waals surface area contributed by atoms with Crippen molar-refractivity contribution >= 4 is 18.2 Å². The fourth-order valence-electron chi connectivity index (χ4n) is 2.27. The largest absolute Gasteiger partial charge is 0.497 e. The lowest BCUT2D eigenvalue weighted by Crippen LogP contribution is -2.32. The number of hydrogen-bond acceptors (Lipinski definition) is 5. The summed E-state index contributed by atoms with van der Waals surface area (Å²) in [5.41, 5.74) is 5.98. The first-order chi connectivity index (χ1) is 11.5. The average molecular weight is 350 g/mol. The highest BCUT2D eigenvalue weighted by Gasteiger charge is 2.13. The Morgan fingerprint density at radius 3 is 2.71 bits per heavy atom. The van der Waals surface area contributed by atoms with Gasteiger partial charge in [0.05, 0.1) is 19.9 Å². The number of aromatic amines is 1. The lowest BCUT2D eigenvalue weighted by molar-refractivity contribution is 0.248. The number of carbonyl (C=O) groups excluding carboxylic acids is 1. The monoisotopic (exact) mass is 350 g/mol. The molecule has 0 fully saturated rings. The average Bonchev–Trinajstić information content (AvgIpc) is 2.55. The molecule has 4 N–H and O–H groups in total. The van der Waals surface area contributed by atoms with Crippen LogP contribution in [0.4, 0.5) is 4.79 Å². The number of rotatable bonds is 6. The van der Waals surface area contributed by atoms with Crippen molar-refractivity contribution < 1.29 is 14.3 Å². The predicted molar refractivity (Wildman–Crippen MR) is 92.0 cm³/mol. The summed E-state index contributed by atoms with van der Waals surface area (Å²) in [6.45, 7) is 0.601. The Kier molecular flexibility index (Phi) is 5.59. The first-order valence-electron chi connectivity index (χ1n) is 7.06. The zero-order chi connectivity index (χ0) is 17.7. The number of benzene rings is 1. The number of nitrogens with two attached hydrogens (primary N) is 1. The Balaban J connectivity index is 2.54. The van der Waals surface area contributed by atoms with Crippen molar-refractivity contribution in [3.05, 3.63) is 39.4 Å². The molecule has 0 aliphatic carbocycles. The summed E-state index contributed by atoms with van der Waals surface area (Å²) in [6.07, 6.45) is 0. The summed E-state index contributed by atoms with van der Waals surface area (Å²) >= 11 is 5.23. The van der Waals surface area contributed by atoms with Crippen LogP contribution in [0, 0.1) is 4.77 Å². The second-order valence-electron chi connectivity index (χ2n) is 4.83. The molecule has 0 aliphatic heterocycles. The lowest BCUT2D eigenvalue weighted by Gasteiger charge is -2.16. The third-order valence-corrected chi connectivity index (χ3v) is 3.68. The fourth-order valence-corrected chi connectivity index (χ4v) is 2.56. The number of ether oxygens (including phenoxy) is 2. The van der Waals surface area contributed by atoms with E-state index in [9.17, 15) is 9.59 Å². The van der Waals surface area contributed by atoms with Gasteiger partial charge in [-0.25, -0.2) is 4.79 Å². The van der Waals surface area contributed by atoms with Gasteiger partial charge >= 0.3 is 6.03 Å². The van der Waals surface area contributed by atoms with E-state index in [1.54, 1.807) is 29.9 Å². The first kappa shape index (κ1) is 17.5. The maximum atomic E-state index is 11.9. The fraction of sp³-hybridized carbons (Fsp3) is 0.267. The van der Waals surface area contributed by atoms with E-state index < -0.39 is 6.03 Å². The summed E-state index contributed by atoms with van der Waals surface area (Å²) in [5, 5.41) is 2.49. The predicted octanol–water partition coefficient (Wildman–Crippen LogP) is 1.26. The first-order valence-corrected chi connectivity index (χ1v) is 7.47. The number of hydrogen-bond donors (Lipinski definition) is 3. The van der Waals surface area contributed by atoms with Crippen LogP contribution in [0.1, 0.15) is 0 Å².